The Morgan fingerprint density at radius 1 is 1.03 bits per heavy atom. The average molecular weight is 502 g/mol. The zero-order valence-electron chi connectivity index (χ0n) is 17.6. The van der Waals surface area contributed by atoms with Gasteiger partial charge in [-0.2, -0.15) is 0 Å². The number of nitrogen functional groups attached to an aromatic ring is 1. The zero-order valence-corrected chi connectivity index (χ0v) is 19.2. The largest absolute Gasteiger partial charge is 0.368 e. The SMILES string of the molecule is Nc1nccc(-c2sc(C3CCC3)nc2-c2cccc(NS(=O)c3c(F)cccc3F)c2F)n1. The van der Waals surface area contributed by atoms with Gasteiger partial charge >= 0.3 is 0 Å². The quantitative estimate of drug-likeness (QED) is 0.355. The van der Waals surface area contributed by atoms with Crippen LogP contribution in [0.15, 0.2) is 53.6 Å². The van der Waals surface area contributed by atoms with Crippen LogP contribution in [-0.4, -0.2) is 19.2 Å². The molecule has 3 N–H and O–H groups in total. The van der Waals surface area contributed by atoms with E-state index in [4.69, 9.17) is 10.7 Å². The summed E-state index contributed by atoms with van der Waals surface area (Å²) in [6, 6.07) is 9.25. The van der Waals surface area contributed by atoms with Crippen molar-refractivity contribution < 1.29 is 17.4 Å². The van der Waals surface area contributed by atoms with Gasteiger partial charge in [-0.25, -0.2) is 32.3 Å². The highest BCUT2D eigenvalue weighted by molar-refractivity contribution is 7.86. The summed E-state index contributed by atoms with van der Waals surface area (Å²) >= 11 is 1.43. The van der Waals surface area contributed by atoms with Crippen molar-refractivity contribution in [1.82, 2.24) is 15.0 Å². The first-order valence-electron chi connectivity index (χ1n) is 10.4. The van der Waals surface area contributed by atoms with Crippen LogP contribution in [0.5, 0.6) is 0 Å². The average Bonchev–Trinajstić information content (AvgIpc) is 3.18. The summed E-state index contributed by atoms with van der Waals surface area (Å²) < 4.78 is 58.7. The molecule has 0 spiro atoms. The van der Waals surface area contributed by atoms with E-state index in [1.807, 2.05) is 0 Å². The van der Waals surface area contributed by atoms with Crippen molar-refractivity contribution in [3.8, 4) is 21.8 Å². The Hall–Kier alpha value is -3.31. The van der Waals surface area contributed by atoms with Gasteiger partial charge in [0.15, 0.2) is 16.8 Å². The van der Waals surface area contributed by atoms with E-state index in [0.29, 0.717) is 22.2 Å². The number of nitrogens with zero attached hydrogens (tertiary/aromatic N) is 3. The molecule has 2 aromatic heterocycles. The van der Waals surface area contributed by atoms with Gasteiger partial charge in [0.1, 0.15) is 16.5 Å². The van der Waals surface area contributed by atoms with Crippen LogP contribution in [0.3, 0.4) is 0 Å². The number of benzene rings is 2. The van der Waals surface area contributed by atoms with Crippen LogP contribution in [0.2, 0.25) is 0 Å². The molecule has 1 atom stereocenters. The van der Waals surface area contributed by atoms with Crippen LogP contribution >= 0.6 is 11.3 Å². The van der Waals surface area contributed by atoms with Gasteiger partial charge in [0.25, 0.3) is 0 Å². The topological polar surface area (TPSA) is 93.8 Å². The number of rotatable bonds is 6. The molecule has 0 aliphatic heterocycles. The smallest absolute Gasteiger partial charge is 0.220 e. The van der Waals surface area contributed by atoms with Gasteiger partial charge in [-0.1, -0.05) is 18.6 Å². The number of halogens is 3. The molecule has 174 valence electrons. The van der Waals surface area contributed by atoms with Gasteiger partial charge in [0.05, 0.1) is 27.0 Å². The van der Waals surface area contributed by atoms with Crippen LogP contribution in [0, 0.1) is 17.5 Å². The lowest BCUT2D eigenvalue weighted by atomic mass is 9.86. The number of anilines is 2. The second kappa shape index (κ2) is 9.15. The molecule has 11 heteroatoms. The van der Waals surface area contributed by atoms with Crippen molar-refractivity contribution in [2.75, 3.05) is 10.5 Å². The van der Waals surface area contributed by atoms with Crippen molar-refractivity contribution >= 4 is 34.0 Å². The van der Waals surface area contributed by atoms with Crippen LogP contribution < -0.4 is 10.5 Å². The van der Waals surface area contributed by atoms with Crippen molar-refractivity contribution in [2.45, 2.75) is 30.1 Å². The van der Waals surface area contributed by atoms with E-state index in [9.17, 15) is 13.0 Å². The highest BCUT2D eigenvalue weighted by Crippen LogP contribution is 2.45. The Kier molecular flexibility index (Phi) is 6.05. The summed E-state index contributed by atoms with van der Waals surface area (Å²) in [7, 11) is -2.37. The first kappa shape index (κ1) is 22.5. The predicted octanol–water partition coefficient (Wildman–Crippen LogP) is 5.67. The molecule has 2 heterocycles. The first-order chi connectivity index (χ1) is 16.4. The third-order valence-corrected chi connectivity index (χ3v) is 7.97. The predicted molar refractivity (Wildman–Crippen MR) is 126 cm³/mol. The molecule has 4 aromatic rings. The normalized spacial score (nSPS) is 14.6. The second-order valence-corrected chi connectivity index (χ2v) is 9.93. The lowest BCUT2D eigenvalue weighted by Gasteiger charge is -2.22. The van der Waals surface area contributed by atoms with Gasteiger partial charge in [0.2, 0.25) is 5.95 Å². The molecule has 5 rings (SSSR count). The summed E-state index contributed by atoms with van der Waals surface area (Å²) in [6.07, 6.45) is 4.65. The highest BCUT2D eigenvalue weighted by atomic mass is 32.2. The Morgan fingerprint density at radius 2 is 1.76 bits per heavy atom. The maximum atomic E-state index is 15.6. The fourth-order valence-corrected chi connectivity index (χ4v) is 5.80. The maximum absolute atomic E-state index is 15.6. The van der Waals surface area contributed by atoms with E-state index in [2.05, 4.69) is 14.7 Å². The van der Waals surface area contributed by atoms with Crippen molar-refractivity contribution in [3.63, 3.8) is 0 Å². The molecular weight excluding hydrogens is 483 g/mol. The van der Waals surface area contributed by atoms with E-state index < -0.39 is 33.3 Å². The van der Waals surface area contributed by atoms with E-state index in [1.54, 1.807) is 18.2 Å². The summed E-state index contributed by atoms with van der Waals surface area (Å²) in [5.74, 6) is -2.34. The van der Waals surface area contributed by atoms with Gasteiger partial charge in [-0.15, -0.1) is 11.3 Å². The molecule has 0 saturated heterocycles. The molecule has 34 heavy (non-hydrogen) atoms. The minimum absolute atomic E-state index is 0.0836. The number of nitrogens with two attached hydrogens (primary N) is 1. The molecule has 0 radical (unpaired) electrons. The maximum Gasteiger partial charge on any atom is 0.220 e. The second-order valence-electron chi connectivity index (χ2n) is 7.75. The summed E-state index contributed by atoms with van der Waals surface area (Å²) in [6.45, 7) is 0. The Balaban J connectivity index is 1.57. The van der Waals surface area contributed by atoms with Crippen molar-refractivity contribution in [2.24, 2.45) is 0 Å². The Bertz CT molecular complexity index is 1390. The standard InChI is InChI=1S/C23H18F3N5OS2/c24-14-7-3-8-15(25)21(14)34(32)31-16-9-2-6-13(18(16)26)19-20(17-10-11-28-23(27)29-17)33-22(30-19)12-4-1-5-12/h2-3,6-12,31H,1,4-5H2,(H2,27,28,29). The third kappa shape index (κ3) is 4.16. The molecule has 0 amide bonds. The van der Waals surface area contributed by atoms with E-state index in [1.165, 1.54) is 23.6 Å². The molecule has 1 unspecified atom stereocenters. The third-order valence-electron chi connectivity index (χ3n) is 5.57. The number of hydrogen-bond donors (Lipinski definition) is 2. The minimum atomic E-state index is -2.37. The lowest BCUT2D eigenvalue weighted by Crippen LogP contribution is -2.10. The fraction of sp³-hybridized carbons (Fsp3) is 0.174. The van der Waals surface area contributed by atoms with E-state index in [-0.39, 0.29) is 17.2 Å². The molecule has 1 aliphatic carbocycles. The monoisotopic (exact) mass is 501 g/mol. The minimum Gasteiger partial charge on any atom is -0.368 e. The molecular formula is C23H18F3N5OS2. The summed E-state index contributed by atoms with van der Waals surface area (Å²) in [4.78, 5) is 12.9. The number of thiazole rings is 1. The van der Waals surface area contributed by atoms with Crippen molar-refractivity contribution in [1.29, 1.82) is 0 Å². The highest BCUT2D eigenvalue weighted by Gasteiger charge is 2.28. The zero-order chi connectivity index (χ0) is 23.8. The Morgan fingerprint density at radius 3 is 2.44 bits per heavy atom. The first-order valence-corrected chi connectivity index (χ1v) is 12.4. The number of aromatic nitrogens is 3. The molecule has 6 nitrogen and oxygen atoms in total. The molecule has 0 bridgehead atoms. The molecule has 1 saturated carbocycles. The van der Waals surface area contributed by atoms with Gasteiger partial charge < -0.3 is 5.73 Å². The van der Waals surface area contributed by atoms with E-state index in [0.717, 1.165) is 42.5 Å². The van der Waals surface area contributed by atoms with Gasteiger partial charge in [0, 0.05) is 17.7 Å². The Labute approximate surface area is 199 Å². The van der Waals surface area contributed by atoms with E-state index >= 15 is 4.39 Å². The van der Waals surface area contributed by atoms with Crippen LogP contribution in [-0.2, 0) is 11.0 Å². The summed E-state index contributed by atoms with van der Waals surface area (Å²) in [5, 5.41) is 0.878. The number of hydrogen-bond acceptors (Lipinski definition) is 6. The van der Waals surface area contributed by atoms with Crippen molar-refractivity contribution in [3.05, 3.63) is 71.1 Å². The van der Waals surface area contributed by atoms with Gasteiger partial charge in [-0.05, 0) is 43.2 Å². The summed E-state index contributed by atoms with van der Waals surface area (Å²) in [5.41, 5.74) is 6.61. The molecule has 2 aromatic carbocycles. The fourth-order valence-electron chi connectivity index (χ4n) is 3.63. The number of nitrogens with one attached hydrogen (secondary N) is 1. The van der Waals surface area contributed by atoms with Crippen LogP contribution in [0.25, 0.3) is 21.8 Å². The van der Waals surface area contributed by atoms with Crippen LogP contribution in [0.4, 0.5) is 24.8 Å². The lowest BCUT2D eigenvalue weighted by molar-refractivity contribution is 0.418. The van der Waals surface area contributed by atoms with Gasteiger partial charge in [-0.3, -0.25) is 4.72 Å². The molecule has 1 aliphatic rings. The van der Waals surface area contributed by atoms with Crippen LogP contribution in [0.1, 0.15) is 30.2 Å². The molecule has 1 fully saturated rings.